The summed E-state index contributed by atoms with van der Waals surface area (Å²) in [6.45, 7) is 3.98. The van der Waals surface area contributed by atoms with Gasteiger partial charge in [0.1, 0.15) is 6.04 Å². The van der Waals surface area contributed by atoms with Crippen molar-refractivity contribution >= 4 is 12.0 Å². The van der Waals surface area contributed by atoms with Crippen LogP contribution in [-0.2, 0) is 11.2 Å². The second-order valence-electron chi connectivity index (χ2n) is 4.83. The second-order valence-corrected chi connectivity index (χ2v) is 4.83. The number of hydrogen-bond acceptors (Lipinski definition) is 3. The predicted octanol–water partition coefficient (Wildman–Crippen LogP) is 1.28. The largest absolute Gasteiger partial charge is 0.480 e. The normalized spacial score (nSPS) is 13.5. The van der Waals surface area contributed by atoms with Gasteiger partial charge in [-0.25, -0.2) is 14.6 Å². The first-order valence-electron chi connectivity index (χ1n) is 6.80. The Bertz CT molecular complexity index is 419. The molecular weight excluding hydrogens is 260 g/mol. The lowest BCUT2D eigenvalue weighted by molar-refractivity contribution is -0.139. The van der Waals surface area contributed by atoms with Crippen molar-refractivity contribution in [3.05, 3.63) is 18.2 Å². The number of nitrogens with zero attached hydrogens (tertiary/aromatic N) is 1. The van der Waals surface area contributed by atoms with Crippen molar-refractivity contribution in [2.45, 2.75) is 51.6 Å². The van der Waals surface area contributed by atoms with E-state index in [4.69, 9.17) is 5.11 Å². The molecule has 2 atom stereocenters. The van der Waals surface area contributed by atoms with Crippen LogP contribution < -0.4 is 10.6 Å². The van der Waals surface area contributed by atoms with Crippen LogP contribution in [0.3, 0.4) is 0 Å². The lowest BCUT2D eigenvalue weighted by atomic mass is 10.1. The number of carboxylic acid groups (broad SMARTS) is 1. The second kappa shape index (κ2) is 8.19. The summed E-state index contributed by atoms with van der Waals surface area (Å²) in [5, 5.41) is 14.3. The van der Waals surface area contributed by atoms with Gasteiger partial charge >= 0.3 is 12.0 Å². The molecule has 0 saturated heterocycles. The van der Waals surface area contributed by atoms with Crippen molar-refractivity contribution in [1.82, 2.24) is 20.6 Å². The SMILES string of the molecule is CCCCC(C)NC(=O)NC(Cc1cnc[nH]1)C(=O)O. The van der Waals surface area contributed by atoms with Crippen molar-refractivity contribution in [2.75, 3.05) is 0 Å². The summed E-state index contributed by atoms with van der Waals surface area (Å²) >= 11 is 0. The zero-order valence-corrected chi connectivity index (χ0v) is 11.8. The van der Waals surface area contributed by atoms with Crippen LogP contribution in [0.5, 0.6) is 0 Å². The van der Waals surface area contributed by atoms with Gasteiger partial charge in [-0.15, -0.1) is 0 Å². The highest BCUT2D eigenvalue weighted by Gasteiger charge is 2.21. The van der Waals surface area contributed by atoms with E-state index in [9.17, 15) is 9.59 Å². The van der Waals surface area contributed by atoms with Gasteiger partial charge in [0.05, 0.1) is 6.33 Å². The van der Waals surface area contributed by atoms with Crippen LogP contribution in [0.25, 0.3) is 0 Å². The van der Waals surface area contributed by atoms with E-state index in [-0.39, 0.29) is 12.5 Å². The zero-order valence-electron chi connectivity index (χ0n) is 11.8. The number of nitrogens with one attached hydrogen (secondary N) is 3. The molecule has 0 aliphatic heterocycles. The van der Waals surface area contributed by atoms with Crippen LogP contribution in [0.2, 0.25) is 0 Å². The number of urea groups is 1. The van der Waals surface area contributed by atoms with E-state index >= 15 is 0 Å². The molecule has 1 rings (SSSR count). The van der Waals surface area contributed by atoms with Crippen LogP contribution in [0.4, 0.5) is 4.79 Å². The van der Waals surface area contributed by atoms with Crippen LogP contribution >= 0.6 is 0 Å². The van der Waals surface area contributed by atoms with Crippen molar-refractivity contribution in [1.29, 1.82) is 0 Å². The Morgan fingerprint density at radius 2 is 2.20 bits per heavy atom. The van der Waals surface area contributed by atoms with Gasteiger partial charge in [-0.1, -0.05) is 19.8 Å². The fraction of sp³-hybridized carbons (Fsp3) is 0.615. The first-order chi connectivity index (χ1) is 9.52. The Labute approximate surface area is 118 Å². The highest BCUT2D eigenvalue weighted by Crippen LogP contribution is 2.01. The van der Waals surface area contributed by atoms with Gasteiger partial charge in [0, 0.05) is 24.4 Å². The Kier molecular flexibility index (Phi) is 6.55. The molecule has 0 radical (unpaired) electrons. The van der Waals surface area contributed by atoms with E-state index in [1.165, 1.54) is 6.33 Å². The Morgan fingerprint density at radius 3 is 2.75 bits per heavy atom. The van der Waals surface area contributed by atoms with Crippen molar-refractivity contribution < 1.29 is 14.7 Å². The minimum atomic E-state index is -1.07. The van der Waals surface area contributed by atoms with E-state index in [0.29, 0.717) is 5.69 Å². The van der Waals surface area contributed by atoms with Gasteiger partial charge < -0.3 is 20.7 Å². The number of aromatic nitrogens is 2. The maximum absolute atomic E-state index is 11.7. The topological polar surface area (TPSA) is 107 Å². The molecule has 7 nitrogen and oxygen atoms in total. The smallest absolute Gasteiger partial charge is 0.326 e. The molecule has 112 valence electrons. The molecule has 4 N–H and O–H groups in total. The maximum Gasteiger partial charge on any atom is 0.326 e. The molecule has 7 heteroatoms. The number of amides is 2. The minimum absolute atomic E-state index is 0.0246. The van der Waals surface area contributed by atoms with Crippen molar-refractivity contribution in [3.8, 4) is 0 Å². The summed E-state index contributed by atoms with van der Waals surface area (Å²) in [7, 11) is 0. The molecule has 0 fully saturated rings. The third-order valence-electron chi connectivity index (χ3n) is 2.95. The number of imidazole rings is 1. The molecule has 0 aliphatic carbocycles. The Hall–Kier alpha value is -2.05. The average molecular weight is 282 g/mol. The van der Waals surface area contributed by atoms with E-state index < -0.39 is 18.0 Å². The summed E-state index contributed by atoms with van der Waals surface area (Å²) in [5.74, 6) is -1.07. The Morgan fingerprint density at radius 1 is 1.45 bits per heavy atom. The third kappa shape index (κ3) is 5.73. The lowest BCUT2D eigenvalue weighted by Crippen LogP contribution is -2.49. The molecule has 20 heavy (non-hydrogen) atoms. The van der Waals surface area contributed by atoms with Crippen LogP contribution in [-0.4, -0.2) is 39.2 Å². The van der Waals surface area contributed by atoms with Gasteiger partial charge in [0.15, 0.2) is 0 Å². The third-order valence-corrected chi connectivity index (χ3v) is 2.95. The number of aromatic amines is 1. The summed E-state index contributed by atoms with van der Waals surface area (Å²) in [6, 6.07) is -1.41. The number of unbranched alkanes of at least 4 members (excludes halogenated alkanes) is 1. The van der Waals surface area contributed by atoms with Crippen molar-refractivity contribution in [2.24, 2.45) is 0 Å². The van der Waals surface area contributed by atoms with E-state index in [1.54, 1.807) is 6.20 Å². The number of H-pyrrole nitrogens is 1. The molecular formula is C13H22N4O3. The lowest BCUT2D eigenvalue weighted by Gasteiger charge is -2.17. The maximum atomic E-state index is 11.7. The molecule has 0 aromatic carbocycles. The molecule has 1 aromatic heterocycles. The highest BCUT2D eigenvalue weighted by atomic mass is 16.4. The van der Waals surface area contributed by atoms with Gasteiger partial charge in [-0.3, -0.25) is 0 Å². The van der Waals surface area contributed by atoms with Crippen LogP contribution in [0.15, 0.2) is 12.5 Å². The molecule has 0 aliphatic rings. The van der Waals surface area contributed by atoms with Crippen LogP contribution in [0, 0.1) is 0 Å². The standard InChI is InChI=1S/C13H22N4O3/c1-3-4-5-9(2)16-13(20)17-11(12(18)19)6-10-7-14-8-15-10/h7-9,11H,3-6H2,1-2H3,(H,14,15)(H,18,19)(H2,16,17,20). The van der Waals surface area contributed by atoms with Gasteiger partial charge in [0.25, 0.3) is 0 Å². The molecule has 2 amide bonds. The van der Waals surface area contributed by atoms with Crippen molar-refractivity contribution in [3.63, 3.8) is 0 Å². The first kappa shape index (κ1) is 16.0. The van der Waals surface area contributed by atoms with Gasteiger partial charge in [-0.2, -0.15) is 0 Å². The number of carbonyl (C=O) groups excluding carboxylic acids is 1. The Balaban J connectivity index is 2.45. The van der Waals surface area contributed by atoms with E-state index in [0.717, 1.165) is 19.3 Å². The van der Waals surface area contributed by atoms with E-state index in [1.807, 2.05) is 6.92 Å². The summed E-state index contributed by atoms with van der Waals surface area (Å²) in [4.78, 5) is 29.5. The zero-order chi connectivity index (χ0) is 15.0. The van der Waals surface area contributed by atoms with E-state index in [2.05, 4.69) is 27.5 Å². The number of hydrogen-bond donors (Lipinski definition) is 4. The summed E-state index contributed by atoms with van der Waals surface area (Å²) in [5.41, 5.74) is 0.664. The first-order valence-corrected chi connectivity index (χ1v) is 6.80. The number of carbonyl (C=O) groups is 2. The molecule has 1 aromatic rings. The summed E-state index contributed by atoms with van der Waals surface area (Å²) in [6.07, 6.45) is 6.15. The molecule has 0 saturated carbocycles. The quantitative estimate of drug-likeness (QED) is 0.576. The molecule has 0 bridgehead atoms. The monoisotopic (exact) mass is 282 g/mol. The number of carboxylic acids is 1. The van der Waals surface area contributed by atoms with Crippen LogP contribution in [0.1, 0.15) is 38.8 Å². The van der Waals surface area contributed by atoms with Gasteiger partial charge in [-0.05, 0) is 13.3 Å². The number of rotatable bonds is 8. The molecule has 2 unspecified atom stereocenters. The predicted molar refractivity (Wildman–Crippen MR) is 74.4 cm³/mol. The molecule has 0 spiro atoms. The summed E-state index contributed by atoms with van der Waals surface area (Å²) < 4.78 is 0. The number of aliphatic carboxylic acids is 1. The minimum Gasteiger partial charge on any atom is -0.480 e. The van der Waals surface area contributed by atoms with Gasteiger partial charge in [0.2, 0.25) is 0 Å². The highest BCUT2D eigenvalue weighted by molar-refractivity contribution is 5.82. The fourth-order valence-corrected chi connectivity index (χ4v) is 1.82. The average Bonchev–Trinajstić information content (AvgIpc) is 2.88. The fourth-order valence-electron chi connectivity index (χ4n) is 1.82. The molecule has 1 heterocycles.